The molecular formula is C20H29N3O6S. The zero-order chi connectivity index (χ0) is 21.9. The van der Waals surface area contributed by atoms with E-state index >= 15 is 0 Å². The van der Waals surface area contributed by atoms with Gasteiger partial charge in [-0.05, 0) is 18.6 Å². The monoisotopic (exact) mass is 439 g/mol. The first-order valence-corrected chi connectivity index (χ1v) is 11.4. The smallest absolute Gasteiger partial charge is 0.247 e. The Morgan fingerprint density at radius 1 is 1.20 bits per heavy atom. The second-order valence-electron chi connectivity index (χ2n) is 7.71. The molecule has 0 aromatic heterocycles. The minimum absolute atomic E-state index is 0.0347. The Labute approximate surface area is 177 Å². The summed E-state index contributed by atoms with van der Waals surface area (Å²) in [6.07, 6.45) is 0.673. The van der Waals surface area contributed by atoms with Crippen molar-refractivity contribution in [2.24, 2.45) is 0 Å². The Morgan fingerprint density at radius 2 is 1.90 bits per heavy atom. The maximum absolute atomic E-state index is 13.5. The van der Waals surface area contributed by atoms with Crippen LogP contribution >= 0.6 is 0 Å². The summed E-state index contributed by atoms with van der Waals surface area (Å²) in [4.78, 5) is 28.1. The summed E-state index contributed by atoms with van der Waals surface area (Å²) < 4.78 is 39.4. The summed E-state index contributed by atoms with van der Waals surface area (Å²) in [6.45, 7) is 0.919. The van der Waals surface area contributed by atoms with Crippen LogP contribution in [0.5, 0.6) is 5.75 Å². The number of rotatable bonds is 5. The van der Waals surface area contributed by atoms with Crippen molar-refractivity contribution in [3.63, 3.8) is 0 Å². The van der Waals surface area contributed by atoms with Crippen molar-refractivity contribution in [1.82, 2.24) is 14.1 Å². The Morgan fingerprint density at radius 3 is 2.60 bits per heavy atom. The fourth-order valence-electron chi connectivity index (χ4n) is 3.83. The van der Waals surface area contributed by atoms with E-state index in [0.29, 0.717) is 32.5 Å². The van der Waals surface area contributed by atoms with Gasteiger partial charge in [-0.1, -0.05) is 12.1 Å². The molecule has 2 aliphatic heterocycles. The predicted molar refractivity (Wildman–Crippen MR) is 110 cm³/mol. The van der Waals surface area contributed by atoms with Crippen LogP contribution in [0.15, 0.2) is 29.2 Å². The van der Waals surface area contributed by atoms with E-state index in [1.54, 1.807) is 44.3 Å². The van der Waals surface area contributed by atoms with Gasteiger partial charge >= 0.3 is 0 Å². The molecule has 2 heterocycles. The summed E-state index contributed by atoms with van der Waals surface area (Å²) in [5.41, 5.74) is 0. The number of amides is 2. The number of hydrogen-bond acceptors (Lipinski definition) is 6. The molecule has 1 aromatic carbocycles. The maximum Gasteiger partial charge on any atom is 0.247 e. The lowest BCUT2D eigenvalue weighted by Gasteiger charge is -2.31. The average molecular weight is 440 g/mol. The molecule has 0 saturated carbocycles. The number of methoxy groups -OCH3 is 1. The SMILES string of the molecule is COCCC(=O)N1CC[C@@H]2[C@@H](CC1)Oc1ccccc1S(=O)(=O)N2CC(=O)N(C)C. The summed E-state index contributed by atoms with van der Waals surface area (Å²) in [5.74, 6) is -0.0621. The summed E-state index contributed by atoms with van der Waals surface area (Å²) in [7, 11) is 0.787. The number of sulfonamides is 1. The Balaban J connectivity index is 1.95. The van der Waals surface area contributed by atoms with Crippen molar-refractivity contribution < 1.29 is 27.5 Å². The number of ether oxygens (including phenoxy) is 2. The maximum atomic E-state index is 13.5. The van der Waals surface area contributed by atoms with Gasteiger partial charge in [-0.15, -0.1) is 0 Å². The minimum Gasteiger partial charge on any atom is -0.487 e. The molecule has 2 amide bonds. The van der Waals surface area contributed by atoms with Gasteiger partial charge in [0.15, 0.2) is 0 Å². The van der Waals surface area contributed by atoms with Crippen LogP contribution < -0.4 is 4.74 Å². The van der Waals surface area contributed by atoms with Crippen LogP contribution in [0.1, 0.15) is 19.3 Å². The van der Waals surface area contributed by atoms with Gasteiger partial charge < -0.3 is 19.3 Å². The molecule has 1 fully saturated rings. The van der Waals surface area contributed by atoms with E-state index in [1.165, 1.54) is 15.3 Å². The summed E-state index contributed by atoms with van der Waals surface area (Å²) in [6, 6.07) is 5.95. The van der Waals surface area contributed by atoms with Gasteiger partial charge in [0.1, 0.15) is 16.7 Å². The Hall–Kier alpha value is -2.17. The molecule has 0 bridgehead atoms. The molecule has 1 saturated heterocycles. The third-order valence-electron chi connectivity index (χ3n) is 5.55. The van der Waals surface area contributed by atoms with E-state index < -0.39 is 22.2 Å². The fraction of sp³-hybridized carbons (Fsp3) is 0.600. The number of carbonyl (C=O) groups excluding carboxylic acids is 2. The van der Waals surface area contributed by atoms with Crippen LogP contribution in [0.2, 0.25) is 0 Å². The van der Waals surface area contributed by atoms with Crippen molar-refractivity contribution in [3.8, 4) is 5.75 Å². The third-order valence-corrected chi connectivity index (χ3v) is 7.46. The third kappa shape index (κ3) is 4.60. The van der Waals surface area contributed by atoms with E-state index in [4.69, 9.17) is 9.47 Å². The molecule has 0 N–H and O–H groups in total. The largest absolute Gasteiger partial charge is 0.487 e. The van der Waals surface area contributed by atoms with Gasteiger partial charge in [0.25, 0.3) is 0 Å². The van der Waals surface area contributed by atoms with Crippen LogP contribution in [-0.2, 0) is 24.3 Å². The van der Waals surface area contributed by atoms with Gasteiger partial charge in [0.05, 0.1) is 25.6 Å². The van der Waals surface area contributed by atoms with Crippen LogP contribution in [0.3, 0.4) is 0 Å². The predicted octanol–water partition coefficient (Wildman–Crippen LogP) is 0.554. The lowest BCUT2D eigenvalue weighted by atomic mass is 10.1. The quantitative estimate of drug-likeness (QED) is 0.665. The number of likely N-dealkylation sites (N-methyl/N-ethyl adjacent to an activating group) is 1. The van der Waals surface area contributed by atoms with Crippen LogP contribution in [0.4, 0.5) is 0 Å². The van der Waals surface area contributed by atoms with Crippen molar-refractivity contribution in [2.45, 2.75) is 36.3 Å². The standard InChI is InChI=1S/C20H29N3O6S/c1-21(2)20(25)14-23-15-8-11-22(19(24)10-13-28-3)12-9-16(15)29-17-6-4-5-7-18(17)30(23,26)27/h4-7,15-16H,8-14H2,1-3H3/t15-,16-/m1/s1. The molecule has 9 nitrogen and oxygen atoms in total. The van der Waals surface area contributed by atoms with E-state index in [-0.39, 0.29) is 35.4 Å². The van der Waals surface area contributed by atoms with E-state index in [9.17, 15) is 18.0 Å². The number of carbonyl (C=O) groups is 2. The number of hydrogen-bond donors (Lipinski definition) is 0. The molecule has 0 radical (unpaired) electrons. The van der Waals surface area contributed by atoms with Crippen molar-refractivity contribution in [3.05, 3.63) is 24.3 Å². The molecule has 2 aliphatic rings. The van der Waals surface area contributed by atoms with Crippen LogP contribution in [0, 0.1) is 0 Å². The molecule has 0 aliphatic carbocycles. The van der Waals surface area contributed by atoms with Gasteiger partial charge in [-0.25, -0.2) is 8.42 Å². The summed E-state index contributed by atoms with van der Waals surface area (Å²) >= 11 is 0. The normalized spacial score (nSPS) is 23.4. The van der Waals surface area contributed by atoms with E-state index in [1.807, 2.05) is 0 Å². The fourth-order valence-corrected chi connectivity index (χ4v) is 5.58. The van der Waals surface area contributed by atoms with E-state index in [2.05, 4.69) is 0 Å². The van der Waals surface area contributed by atoms with Crippen molar-refractivity contribution >= 4 is 21.8 Å². The number of benzene rings is 1. The van der Waals surface area contributed by atoms with E-state index in [0.717, 1.165) is 0 Å². The van der Waals surface area contributed by atoms with Gasteiger partial charge in [0.2, 0.25) is 21.8 Å². The molecule has 0 spiro atoms. The zero-order valence-electron chi connectivity index (χ0n) is 17.6. The van der Waals surface area contributed by atoms with Gasteiger partial charge in [-0.2, -0.15) is 4.31 Å². The second-order valence-corrected chi connectivity index (χ2v) is 9.57. The summed E-state index contributed by atoms with van der Waals surface area (Å²) in [5, 5.41) is 0. The molecule has 30 heavy (non-hydrogen) atoms. The molecule has 3 rings (SSSR count). The highest BCUT2D eigenvalue weighted by Crippen LogP contribution is 2.36. The number of nitrogens with zero attached hydrogens (tertiary/aromatic N) is 3. The van der Waals surface area contributed by atoms with Gasteiger partial charge in [-0.3, -0.25) is 9.59 Å². The topological polar surface area (TPSA) is 96.5 Å². The number of likely N-dealkylation sites (tertiary alicyclic amines) is 1. The number of fused-ring (bicyclic) bond motifs is 2. The molecule has 2 atom stereocenters. The molecule has 10 heteroatoms. The lowest BCUT2D eigenvalue weighted by molar-refractivity contribution is -0.132. The highest BCUT2D eigenvalue weighted by Gasteiger charge is 2.44. The first-order valence-electron chi connectivity index (χ1n) is 10.00. The molecule has 1 aromatic rings. The highest BCUT2D eigenvalue weighted by atomic mass is 32.2. The molecule has 166 valence electrons. The number of para-hydroxylation sites is 1. The first kappa shape index (κ1) is 22.5. The van der Waals surface area contributed by atoms with Crippen molar-refractivity contribution in [1.29, 1.82) is 0 Å². The molecule has 0 unspecified atom stereocenters. The van der Waals surface area contributed by atoms with Crippen LogP contribution in [0.25, 0.3) is 0 Å². The lowest BCUT2D eigenvalue weighted by Crippen LogP contribution is -2.50. The molecular weight excluding hydrogens is 410 g/mol. The Kier molecular flexibility index (Phi) is 6.99. The Bertz CT molecular complexity index is 888. The average Bonchev–Trinajstić information content (AvgIpc) is 2.96. The van der Waals surface area contributed by atoms with Crippen LogP contribution in [-0.4, -0.2) is 93.9 Å². The van der Waals surface area contributed by atoms with Crippen molar-refractivity contribution in [2.75, 3.05) is 47.4 Å². The minimum atomic E-state index is -3.95. The van der Waals surface area contributed by atoms with Gasteiger partial charge in [0, 0.05) is 40.7 Å². The second kappa shape index (κ2) is 9.32. The zero-order valence-corrected chi connectivity index (χ0v) is 18.4. The highest BCUT2D eigenvalue weighted by molar-refractivity contribution is 7.89. The first-order chi connectivity index (χ1) is 14.3.